The number of amides is 1. The summed E-state index contributed by atoms with van der Waals surface area (Å²) >= 11 is 6.07. The molecule has 1 aromatic heterocycles. The van der Waals surface area contributed by atoms with E-state index in [1.54, 1.807) is 29.2 Å². The average molecular weight is 518 g/mol. The molecule has 0 unspecified atom stereocenters. The molecule has 9 heteroatoms. The third-order valence-corrected chi connectivity index (χ3v) is 8.57. The summed E-state index contributed by atoms with van der Waals surface area (Å²) in [6, 6.07) is 15.3. The van der Waals surface area contributed by atoms with Gasteiger partial charge in [-0.25, -0.2) is 12.8 Å². The van der Waals surface area contributed by atoms with Gasteiger partial charge in [-0.2, -0.15) is 4.31 Å². The third kappa shape index (κ3) is 5.44. The minimum absolute atomic E-state index is 0.136. The van der Waals surface area contributed by atoms with Gasteiger partial charge in [0, 0.05) is 42.6 Å². The Labute approximate surface area is 211 Å². The van der Waals surface area contributed by atoms with Gasteiger partial charge in [0.2, 0.25) is 10.0 Å². The van der Waals surface area contributed by atoms with E-state index < -0.39 is 10.0 Å². The van der Waals surface area contributed by atoms with E-state index in [1.165, 1.54) is 16.4 Å². The van der Waals surface area contributed by atoms with E-state index in [0.717, 1.165) is 17.7 Å². The molecular formula is C26H29ClFN3O3S. The van der Waals surface area contributed by atoms with Crippen molar-refractivity contribution in [1.82, 2.24) is 13.8 Å². The maximum absolute atomic E-state index is 14.1. The first-order valence-electron chi connectivity index (χ1n) is 11.7. The van der Waals surface area contributed by atoms with Crippen LogP contribution in [0.25, 0.3) is 16.9 Å². The van der Waals surface area contributed by atoms with Crippen LogP contribution in [-0.4, -0.2) is 60.0 Å². The van der Waals surface area contributed by atoms with E-state index in [4.69, 9.17) is 11.6 Å². The van der Waals surface area contributed by atoms with E-state index in [2.05, 4.69) is 0 Å². The van der Waals surface area contributed by atoms with Gasteiger partial charge in [-0.05, 0) is 55.3 Å². The van der Waals surface area contributed by atoms with Crippen LogP contribution in [0.3, 0.4) is 0 Å². The molecule has 35 heavy (non-hydrogen) atoms. The van der Waals surface area contributed by atoms with Crippen molar-refractivity contribution < 1.29 is 17.6 Å². The van der Waals surface area contributed by atoms with Crippen LogP contribution >= 0.6 is 11.6 Å². The van der Waals surface area contributed by atoms with Gasteiger partial charge in [0.1, 0.15) is 5.82 Å². The molecule has 1 aliphatic heterocycles. The summed E-state index contributed by atoms with van der Waals surface area (Å²) in [7, 11) is -3.30. The molecule has 1 fully saturated rings. The standard InChI is InChI=1S/C26H29ClFN3O3S/c1-3-4-16-35(33,34)30-14-12-29(13-15-30)26(32)24-18-25(20-8-10-21(27)11-9-20)31(19(24)2)23-7-5-6-22(28)17-23/h5-11,17-18H,3-4,12-16H2,1-2H3. The third-order valence-electron chi connectivity index (χ3n) is 6.36. The minimum atomic E-state index is -3.30. The van der Waals surface area contributed by atoms with Gasteiger partial charge in [-0.3, -0.25) is 4.79 Å². The highest BCUT2D eigenvalue weighted by atomic mass is 35.5. The second kappa shape index (κ2) is 10.5. The van der Waals surface area contributed by atoms with Gasteiger partial charge in [0.05, 0.1) is 17.0 Å². The molecule has 1 amide bonds. The summed E-state index contributed by atoms with van der Waals surface area (Å²) in [5.74, 6) is -0.401. The van der Waals surface area contributed by atoms with E-state index in [-0.39, 0.29) is 30.6 Å². The summed E-state index contributed by atoms with van der Waals surface area (Å²) in [6.07, 6.45) is 1.44. The first-order valence-corrected chi connectivity index (χ1v) is 13.7. The second-order valence-electron chi connectivity index (χ2n) is 8.71. The largest absolute Gasteiger partial charge is 0.336 e. The Morgan fingerprint density at radius 2 is 1.71 bits per heavy atom. The molecule has 2 heterocycles. The maximum atomic E-state index is 14.1. The monoisotopic (exact) mass is 517 g/mol. The number of sulfonamides is 1. The Morgan fingerprint density at radius 1 is 1.03 bits per heavy atom. The smallest absolute Gasteiger partial charge is 0.255 e. The van der Waals surface area contributed by atoms with Crippen molar-refractivity contribution in [2.24, 2.45) is 0 Å². The number of carbonyl (C=O) groups excluding carboxylic acids is 1. The lowest BCUT2D eigenvalue weighted by Crippen LogP contribution is -2.51. The average Bonchev–Trinajstić information content (AvgIpc) is 3.19. The molecule has 1 aliphatic rings. The summed E-state index contributed by atoms with van der Waals surface area (Å²) in [5, 5.41) is 0.595. The molecule has 0 radical (unpaired) electrons. The zero-order chi connectivity index (χ0) is 25.2. The van der Waals surface area contributed by atoms with Crippen molar-refractivity contribution in [3.05, 3.63) is 76.7 Å². The normalized spacial score (nSPS) is 14.9. The molecule has 0 spiro atoms. The number of benzene rings is 2. The van der Waals surface area contributed by atoms with E-state index in [9.17, 15) is 17.6 Å². The fourth-order valence-corrected chi connectivity index (χ4v) is 6.16. The summed E-state index contributed by atoms with van der Waals surface area (Å²) in [6.45, 7) is 5.01. The van der Waals surface area contributed by atoms with Gasteiger partial charge in [-0.1, -0.05) is 43.1 Å². The van der Waals surface area contributed by atoms with Gasteiger partial charge >= 0.3 is 0 Å². The fraction of sp³-hybridized carbons (Fsp3) is 0.346. The number of nitrogens with zero attached hydrogens (tertiary/aromatic N) is 3. The van der Waals surface area contributed by atoms with Crippen LogP contribution in [0.1, 0.15) is 35.8 Å². The maximum Gasteiger partial charge on any atom is 0.255 e. The quantitative estimate of drug-likeness (QED) is 0.436. The van der Waals surface area contributed by atoms with Crippen LogP contribution in [0.2, 0.25) is 5.02 Å². The van der Waals surface area contributed by atoms with Crippen LogP contribution in [0.5, 0.6) is 0 Å². The Bertz CT molecular complexity index is 1310. The van der Waals surface area contributed by atoms with Crippen LogP contribution in [0.15, 0.2) is 54.6 Å². The lowest BCUT2D eigenvalue weighted by molar-refractivity contribution is 0.0697. The number of hydrogen-bond acceptors (Lipinski definition) is 3. The lowest BCUT2D eigenvalue weighted by Gasteiger charge is -2.34. The van der Waals surface area contributed by atoms with Crippen LogP contribution in [0, 0.1) is 12.7 Å². The second-order valence-corrected chi connectivity index (χ2v) is 11.2. The predicted octanol–water partition coefficient (Wildman–Crippen LogP) is 5.13. The minimum Gasteiger partial charge on any atom is -0.336 e. The van der Waals surface area contributed by atoms with Crippen molar-refractivity contribution in [3.63, 3.8) is 0 Å². The number of halogens is 2. The van der Waals surface area contributed by atoms with Gasteiger partial charge < -0.3 is 9.47 Å². The van der Waals surface area contributed by atoms with E-state index >= 15 is 0 Å². The molecule has 1 saturated heterocycles. The predicted molar refractivity (Wildman–Crippen MR) is 137 cm³/mol. The first kappa shape index (κ1) is 25.4. The molecule has 0 saturated carbocycles. The van der Waals surface area contributed by atoms with Crippen molar-refractivity contribution in [1.29, 1.82) is 0 Å². The molecule has 0 atom stereocenters. The molecule has 0 aliphatic carbocycles. The van der Waals surface area contributed by atoms with Gasteiger partial charge in [-0.15, -0.1) is 0 Å². The number of hydrogen-bond donors (Lipinski definition) is 0. The number of unbranched alkanes of at least 4 members (excludes halogenated alkanes) is 1. The Kier molecular flexibility index (Phi) is 7.64. The summed E-state index contributed by atoms with van der Waals surface area (Å²) in [5.41, 5.74) is 3.38. The Hall–Kier alpha value is -2.68. The Balaban J connectivity index is 1.65. The molecule has 186 valence electrons. The summed E-state index contributed by atoms with van der Waals surface area (Å²) < 4.78 is 42.5. The number of carbonyl (C=O) groups is 1. The number of piperazine rings is 1. The zero-order valence-electron chi connectivity index (χ0n) is 19.9. The number of aromatic nitrogens is 1. The Morgan fingerprint density at radius 3 is 2.34 bits per heavy atom. The van der Waals surface area contributed by atoms with Gasteiger partial charge in [0.25, 0.3) is 5.91 Å². The first-order chi connectivity index (χ1) is 16.7. The van der Waals surface area contributed by atoms with Crippen LogP contribution < -0.4 is 0 Å². The zero-order valence-corrected chi connectivity index (χ0v) is 21.4. The SMILES string of the molecule is CCCCS(=O)(=O)N1CCN(C(=O)c2cc(-c3ccc(Cl)cc3)n(-c3cccc(F)c3)c2C)CC1. The highest BCUT2D eigenvalue weighted by molar-refractivity contribution is 7.89. The highest BCUT2D eigenvalue weighted by Gasteiger charge is 2.30. The molecule has 4 rings (SSSR count). The van der Waals surface area contributed by atoms with Crippen LogP contribution in [0.4, 0.5) is 4.39 Å². The lowest BCUT2D eigenvalue weighted by atomic mass is 10.1. The van der Waals surface area contributed by atoms with Crippen molar-refractivity contribution in [2.45, 2.75) is 26.7 Å². The topological polar surface area (TPSA) is 62.6 Å². The van der Waals surface area contributed by atoms with Crippen molar-refractivity contribution >= 4 is 27.5 Å². The van der Waals surface area contributed by atoms with E-state index in [1.807, 2.05) is 36.6 Å². The highest BCUT2D eigenvalue weighted by Crippen LogP contribution is 2.31. The molecule has 3 aromatic rings. The molecule has 0 N–H and O–H groups in total. The van der Waals surface area contributed by atoms with Gasteiger partial charge in [0.15, 0.2) is 0 Å². The number of rotatable bonds is 7. The van der Waals surface area contributed by atoms with Crippen molar-refractivity contribution in [2.75, 3.05) is 31.9 Å². The fourth-order valence-electron chi connectivity index (χ4n) is 4.40. The molecule has 6 nitrogen and oxygen atoms in total. The molecular weight excluding hydrogens is 489 g/mol. The summed E-state index contributed by atoms with van der Waals surface area (Å²) in [4.78, 5) is 15.2. The van der Waals surface area contributed by atoms with Crippen LogP contribution in [-0.2, 0) is 10.0 Å². The van der Waals surface area contributed by atoms with Crippen molar-refractivity contribution in [3.8, 4) is 16.9 Å². The molecule has 2 aromatic carbocycles. The molecule has 0 bridgehead atoms. The van der Waals surface area contributed by atoms with E-state index in [0.29, 0.717) is 41.5 Å².